The molecule has 0 unspecified atom stereocenters. The van der Waals surface area contributed by atoms with E-state index in [9.17, 15) is 10.2 Å². The second kappa shape index (κ2) is 6.21. The van der Waals surface area contributed by atoms with Crippen molar-refractivity contribution in [2.24, 2.45) is 0 Å². The van der Waals surface area contributed by atoms with Gasteiger partial charge in [-0.05, 0) is 78.6 Å². The molecule has 2 heteroatoms. The monoisotopic (exact) mass is 284 g/mol. The number of benzene rings is 2. The van der Waals surface area contributed by atoms with Crippen LogP contribution in [0.25, 0.3) is 0 Å². The Hall–Kier alpha value is -1.96. The van der Waals surface area contributed by atoms with Crippen molar-refractivity contribution in [1.29, 1.82) is 0 Å². The van der Waals surface area contributed by atoms with Crippen molar-refractivity contribution < 1.29 is 10.2 Å². The third-order valence-corrected chi connectivity index (χ3v) is 4.06. The van der Waals surface area contributed by atoms with E-state index >= 15 is 0 Å². The minimum Gasteiger partial charge on any atom is -0.508 e. The first-order valence-corrected chi connectivity index (χ1v) is 7.49. The van der Waals surface area contributed by atoms with E-state index in [0.717, 1.165) is 29.5 Å². The molecule has 2 aromatic rings. The Morgan fingerprint density at radius 3 is 2.10 bits per heavy atom. The van der Waals surface area contributed by atoms with Crippen molar-refractivity contribution in [3.05, 3.63) is 58.1 Å². The zero-order valence-corrected chi connectivity index (χ0v) is 13.3. The third-order valence-electron chi connectivity index (χ3n) is 4.06. The molecule has 2 nitrogen and oxygen atoms in total. The Morgan fingerprint density at radius 1 is 0.905 bits per heavy atom. The summed E-state index contributed by atoms with van der Waals surface area (Å²) >= 11 is 0. The molecule has 0 spiro atoms. The predicted octanol–water partition coefficient (Wildman–Crippen LogP) is 4.62. The van der Waals surface area contributed by atoms with E-state index in [-0.39, 0.29) is 0 Å². The van der Waals surface area contributed by atoms with Gasteiger partial charge in [0.1, 0.15) is 11.5 Å². The molecular formula is C19H24O2. The van der Waals surface area contributed by atoms with Crippen molar-refractivity contribution in [3.63, 3.8) is 0 Å². The number of rotatable bonds is 4. The fourth-order valence-electron chi connectivity index (χ4n) is 2.86. The molecule has 0 saturated carbocycles. The van der Waals surface area contributed by atoms with Crippen LogP contribution in [0.1, 0.15) is 47.6 Å². The van der Waals surface area contributed by atoms with Crippen molar-refractivity contribution in [2.45, 2.75) is 46.5 Å². The molecule has 0 fully saturated rings. The molecular weight excluding hydrogens is 260 g/mol. The van der Waals surface area contributed by atoms with Crippen LogP contribution in [-0.4, -0.2) is 10.2 Å². The van der Waals surface area contributed by atoms with Crippen molar-refractivity contribution in [3.8, 4) is 11.5 Å². The van der Waals surface area contributed by atoms with Gasteiger partial charge in [0.15, 0.2) is 0 Å². The van der Waals surface area contributed by atoms with Gasteiger partial charge in [-0.3, -0.25) is 0 Å². The van der Waals surface area contributed by atoms with Crippen LogP contribution in [0.15, 0.2) is 30.3 Å². The maximum Gasteiger partial charge on any atom is 0.119 e. The van der Waals surface area contributed by atoms with Gasteiger partial charge in [0.2, 0.25) is 0 Å². The van der Waals surface area contributed by atoms with Gasteiger partial charge < -0.3 is 10.2 Å². The van der Waals surface area contributed by atoms with E-state index in [1.807, 2.05) is 32.0 Å². The van der Waals surface area contributed by atoms with Gasteiger partial charge in [-0.1, -0.05) is 26.0 Å². The van der Waals surface area contributed by atoms with Gasteiger partial charge in [-0.15, -0.1) is 0 Å². The topological polar surface area (TPSA) is 40.5 Å². The highest BCUT2D eigenvalue weighted by Crippen LogP contribution is 2.27. The lowest BCUT2D eigenvalue weighted by Gasteiger charge is -2.13. The Labute approximate surface area is 127 Å². The van der Waals surface area contributed by atoms with E-state index in [2.05, 4.69) is 19.9 Å². The van der Waals surface area contributed by atoms with Gasteiger partial charge in [0, 0.05) is 0 Å². The Bertz CT molecular complexity index is 619. The van der Waals surface area contributed by atoms with Gasteiger partial charge in [-0.2, -0.15) is 0 Å². The van der Waals surface area contributed by atoms with Crippen LogP contribution in [-0.2, 0) is 12.8 Å². The summed E-state index contributed by atoms with van der Waals surface area (Å²) in [5.74, 6) is 1.04. The number of hydrogen-bond acceptors (Lipinski definition) is 2. The summed E-state index contributed by atoms with van der Waals surface area (Å²) in [6.45, 7) is 8.26. The average molecular weight is 284 g/mol. The summed E-state index contributed by atoms with van der Waals surface area (Å²) in [4.78, 5) is 0. The molecule has 0 aromatic heterocycles. The lowest BCUT2D eigenvalue weighted by Crippen LogP contribution is -1.99. The molecule has 0 saturated heterocycles. The lowest BCUT2D eigenvalue weighted by molar-refractivity contribution is 0.464. The normalized spacial score (nSPS) is 11.1. The van der Waals surface area contributed by atoms with Gasteiger partial charge >= 0.3 is 0 Å². The molecule has 2 N–H and O–H groups in total. The Morgan fingerprint density at radius 2 is 1.52 bits per heavy atom. The zero-order valence-electron chi connectivity index (χ0n) is 13.3. The summed E-state index contributed by atoms with van der Waals surface area (Å²) < 4.78 is 0. The first-order chi connectivity index (χ1) is 9.88. The average Bonchev–Trinajstić information content (AvgIpc) is 2.38. The molecule has 0 aliphatic rings. The maximum absolute atomic E-state index is 9.88. The number of phenols is 2. The molecule has 0 atom stereocenters. The van der Waals surface area contributed by atoms with E-state index in [0.29, 0.717) is 17.4 Å². The van der Waals surface area contributed by atoms with Gasteiger partial charge in [0.05, 0.1) is 0 Å². The standard InChI is InChI=1S/C19H24O2/c1-12(2)18-11-15(6-8-19(18)21)5-7-17-13(3)9-16(20)10-14(17)4/h6,8-12,20-21H,5,7H2,1-4H3. The van der Waals surface area contributed by atoms with E-state index in [1.54, 1.807) is 6.07 Å². The highest BCUT2D eigenvalue weighted by molar-refractivity contribution is 5.42. The van der Waals surface area contributed by atoms with Crippen LogP contribution in [0.5, 0.6) is 11.5 Å². The van der Waals surface area contributed by atoms with Crippen LogP contribution < -0.4 is 0 Å². The zero-order chi connectivity index (χ0) is 15.6. The third kappa shape index (κ3) is 3.57. The largest absolute Gasteiger partial charge is 0.508 e. The smallest absolute Gasteiger partial charge is 0.119 e. The van der Waals surface area contributed by atoms with Crippen molar-refractivity contribution in [1.82, 2.24) is 0 Å². The molecule has 0 radical (unpaired) electrons. The first-order valence-electron chi connectivity index (χ1n) is 7.49. The molecule has 21 heavy (non-hydrogen) atoms. The van der Waals surface area contributed by atoms with Crippen LogP contribution in [0.3, 0.4) is 0 Å². The summed E-state index contributed by atoms with van der Waals surface area (Å²) in [6.07, 6.45) is 1.88. The fourth-order valence-corrected chi connectivity index (χ4v) is 2.86. The molecule has 0 aliphatic heterocycles. The van der Waals surface area contributed by atoms with Crippen LogP contribution in [0, 0.1) is 13.8 Å². The van der Waals surface area contributed by atoms with Crippen molar-refractivity contribution in [2.75, 3.05) is 0 Å². The molecule has 2 rings (SSSR count). The number of aryl methyl sites for hydroxylation is 3. The summed E-state index contributed by atoms with van der Waals surface area (Å²) in [6, 6.07) is 9.52. The summed E-state index contributed by atoms with van der Waals surface area (Å²) in [5, 5.41) is 19.5. The molecule has 0 aliphatic carbocycles. The SMILES string of the molecule is Cc1cc(O)cc(C)c1CCc1ccc(O)c(C(C)C)c1. The van der Waals surface area contributed by atoms with Crippen molar-refractivity contribution >= 4 is 0 Å². The Balaban J connectivity index is 2.19. The molecule has 2 aromatic carbocycles. The van der Waals surface area contributed by atoms with E-state index < -0.39 is 0 Å². The predicted molar refractivity (Wildman–Crippen MR) is 87.2 cm³/mol. The van der Waals surface area contributed by atoms with Crippen LogP contribution >= 0.6 is 0 Å². The first kappa shape index (κ1) is 15.4. The highest BCUT2D eigenvalue weighted by Gasteiger charge is 2.09. The number of phenolic OH excluding ortho intramolecular Hbond substituents is 2. The molecule has 0 amide bonds. The second-order valence-electron chi connectivity index (χ2n) is 6.11. The minimum atomic E-state index is 0.321. The van der Waals surface area contributed by atoms with Gasteiger partial charge in [0.25, 0.3) is 0 Å². The minimum absolute atomic E-state index is 0.321. The van der Waals surface area contributed by atoms with E-state index in [1.165, 1.54) is 11.1 Å². The summed E-state index contributed by atoms with van der Waals surface area (Å²) in [5.41, 5.74) is 5.81. The second-order valence-corrected chi connectivity index (χ2v) is 6.11. The maximum atomic E-state index is 9.88. The van der Waals surface area contributed by atoms with E-state index in [4.69, 9.17) is 0 Å². The van der Waals surface area contributed by atoms with Crippen LogP contribution in [0.4, 0.5) is 0 Å². The quantitative estimate of drug-likeness (QED) is 0.859. The molecule has 112 valence electrons. The molecule has 0 heterocycles. The van der Waals surface area contributed by atoms with Crippen LogP contribution in [0.2, 0.25) is 0 Å². The lowest BCUT2D eigenvalue weighted by atomic mass is 9.93. The fraction of sp³-hybridized carbons (Fsp3) is 0.368. The highest BCUT2D eigenvalue weighted by atomic mass is 16.3. The van der Waals surface area contributed by atoms with Gasteiger partial charge in [-0.25, -0.2) is 0 Å². The number of hydrogen-bond donors (Lipinski definition) is 2. The Kier molecular flexibility index (Phi) is 4.56. The number of aromatic hydroxyl groups is 2. The molecule has 0 bridgehead atoms. The summed E-state index contributed by atoms with van der Waals surface area (Å²) in [7, 11) is 0.